The summed E-state index contributed by atoms with van der Waals surface area (Å²) in [7, 11) is 0. The number of nitrogens with zero attached hydrogens (tertiary/aromatic N) is 2. The highest BCUT2D eigenvalue weighted by Gasteiger charge is 2.23. The first kappa shape index (κ1) is 24.2. The third-order valence-corrected chi connectivity index (χ3v) is 8.25. The predicted molar refractivity (Wildman–Crippen MR) is 145 cm³/mol. The molecule has 0 atom stereocenters. The number of thioether (sulfide) groups is 1. The number of nitriles is 1. The molecule has 4 rings (SSSR count). The predicted octanol–water partition coefficient (Wildman–Crippen LogP) is 8.03. The van der Waals surface area contributed by atoms with Crippen LogP contribution in [0, 0.1) is 11.3 Å². The van der Waals surface area contributed by atoms with Gasteiger partial charge in [-0.1, -0.05) is 37.2 Å². The van der Waals surface area contributed by atoms with Crippen molar-refractivity contribution in [3.05, 3.63) is 69.4 Å². The van der Waals surface area contributed by atoms with Crippen LogP contribution in [0.3, 0.4) is 0 Å². The van der Waals surface area contributed by atoms with Gasteiger partial charge in [-0.2, -0.15) is 5.26 Å². The second kappa shape index (κ2) is 11.0. The third kappa shape index (κ3) is 5.41. The molecule has 1 aliphatic heterocycles. The van der Waals surface area contributed by atoms with E-state index in [0.29, 0.717) is 0 Å². The first-order valence-electron chi connectivity index (χ1n) is 10.9. The van der Waals surface area contributed by atoms with E-state index in [1.54, 1.807) is 17.8 Å². The van der Waals surface area contributed by atoms with Gasteiger partial charge in [0.1, 0.15) is 11.6 Å². The average molecular weight is 505 g/mol. The molecule has 0 radical (unpaired) electrons. The summed E-state index contributed by atoms with van der Waals surface area (Å²) in [4.78, 5) is 19.1. The number of unbranched alkanes of at least 4 members (excludes halogenated alkanes) is 1. The van der Waals surface area contributed by atoms with E-state index in [0.717, 1.165) is 34.7 Å². The molecule has 0 aliphatic carbocycles. The molecule has 1 N–H and O–H groups in total. The maximum atomic E-state index is 11.1. The number of carboxylic acids is 1. The monoisotopic (exact) mass is 504 g/mol. The molecule has 0 bridgehead atoms. The summed E-state index contributed by atoms with van der Waals surface area (Å²) >= 11 is 5.04. The Hall–Kier alpha value is -2.92. The van der Waals surface area contributed by atoms with Gasteiger partial charge in [-0.25, -0.2) is 4.79 Å². The minimum Gasteiger partial charge on any atom is -0.477 e. The smallest absolute Gasteiger partial charge is 0.346 e. The number of anilines is 2. The van der Waals surface area contributed by atoms with Crippen LogP contribution in [0.1, 0.15) is 35.1 Å². The van der Waals surface area contributed by atoms with Gasteiger partial charge in [-0.15, -0.1) is 23.1 Å². The zero-order valence-corrected chi connectivity index (χ0v) is 21.4. The number of thiophene rings is 1. The Morgan fingerprint density at radius 1 is 1.09 bits per heavy atom. The largest absolute Gasteiger partial charge is 0.477 e. The van der Waals surface area contributed by atoms with Crippen molar-refractivity contribution < 1.29 is 9.90 Å². The second-order valence-corrected chi connectivity index (χ2v) is 10.8. The fraction of sp³-hybridized carbons (Fsp3) is 0.185. The topological polar surface area (TPSA) is 64.3 Å². The zero-order chi connectivity index (χ0) is 24.1. The molecule has 1 aliphatic rings. The standard InChI is InChI=1S/C27H24N2O2S3/c1-3-4-13-29-23-11-6-18(14-26(23)34-25-12-10-21(32-2)16-24(25)29)5-7-20-8-9-22(33-20)15-19(17-28)27(30)31/h5-12,14-16H,3-4,13H2,1-2H3,(H,30,31)/b7-5+,19-15-. The van der Waals surface area contributed by atoms with Gasteiger partial charge < -0.3 is 10.0 Å². The lowest BCUT2D eigenvalue weighted by atomic mass is 10.1. The van der Waals surface area contributed by atoms with Gasteiger partial charge in [0.15, 0.2) is 0 Å². The van der Waals surface area contributed by atoms with Crippen molar-refractivity contribution in [2.45, 2.75) is 34.5 Å². The Bertz CT molecular complexity index is 1320. The number of benzene rings is 2. The van der Waals surface area contributed by atoms with Crippen molar-refractivity contribution in [3.63, 3.8) is 0 Å². The Morgan fingerprint density at radius 2 is 1.91 bits per heavy atom. The van der Waals surface area contributed by atoms with Gasteiger partial charge in [-0.3, -0.25) is 0 Å². The van der Waals surface area contributed by atoms with Gasteiger partial charge in [-0.05, 0) is 72.9 Å². The molecule has 34 heavy (non-hydrogen) atoms. The summed E-state index contributed by atoms with van der Waals surface area (Å²) in [5, 5.41) is 18.0. The van der Waals surface area contributed by atoms with Crippen LogP contribution in [0.2, 0.25) is 0 Å². The van der Waals surface area contributed by atoms with E-state index < -0.39 is 5.97 Å². The molecule has 2 heterocycles. The second-order valence-electron chi connectivity index (χ2n) is 7.72. The van der Waals surface area contributed by atoms with Gasteiger partial charge in [0.25, 0.3) is 0 Å². The quantitative estimate of drug-likeness (QED) is 0.190. The van der Waals surface area contributed by atoms with Crippen LogP contribution in [0.4, 0.5) is 11.4 Å². The fourth-order valence-corrected chi connectivity index (χ4v) is 6.08. The number of hydrogen-bond acceptors (Lipinski definition) is 6. The van der Waals surface area contributed by atoms with Crippen molar-refractivity contribution in [1.82, 2.24) is 0 Å². The van der Waals surface area contributed by atoms with Gasteiger partial charge >= 0.3 is 5.97 Å². The highest BCUT2D eigenvalue weighted by molar-refractivity contribution is 8.00. The lowest BCUT2D eigenvalue weighted by molar-refractivity contribution is -0.132. The van der Waals surface area contributed by atoms with Crippen molar-refractivity contribution in [3.8, 4) is 6.07 Å². The van der Waals surface area contributed by atoms with E-state index in [1.165, 1.54) is 43.5 Å². The first-order chi connectivity index (χ1) is 16.5. The van der Waals surface area contributed by atoms with Gasteiger partial charge in [0.2, 0.25) is 0 Å². The lowest BCUT2D eigenvalue weighted by Gasteiger charge is -2.33. The van der Waals surface area contributed by atoms with E-state index in [-0.39, 0.29) is 5.57 Å². The molecule has 4 nitrogen and oxygen atoms in total. The summed E-state index contributed by atoms with van der Waals surface area (Å²) in [6, 6.07) is 18.8. The van der Waals surface area contributed by atoms with Crippen LogP contribution in [-0.4, -0.2) is 23.9 Å². The van der Waals surface area contributed by atoms with E-state index in [9.17, 15) is 4.79 Å². The van der Waals surface area contributed by atoms with E-state index in [2.05, 4.69) is 60.6 Å². The van der Waals surface area contributed by atoms with Crippen molar-refractivity contribution >= 4 is 70.4 Å². The Balaban J connectivity index is 1.59. The fourth-order valence-electron chi connectivity index (χ4n) is 3.66. The van der Waals surface area contributed by atoms with Crippen LogP contribution >= 0.6 is 34.9 Å². The molecule has 0 saturated heterocycles. The molecular weight excluding hydrogens is 481 g/mol. The van der Waals surface area contributed by atoms with E-state index in [4.69, 9.17) is 10.4 Å². The van der Waals surface area contributed by atoms with Crippen molar-refractivity contribution in [1.29, 1.82) is 5.26 Å². The number of rotatable bonds is 8. The van der Waals surface area contributed by atoms with Crippen molar-refractivity contribution in [2.24, 2.45) is 0 Å². The lowest BCUT2D eigenvalue weighted by Crippen LogP contribution is -2.22. The molecule has 0 unspecified atom stereocenters. The Kier molecular flexibility index (Phi) is 7.84. The highest BCUT2D eigenvalue weighted by Crippen LogP contribution is 2.49. The molecule has 3 aromatic rings. The Labute approximate surface area is 212 Å². The number of fused-ring (bicyclic) bond motifs is 2. The maximum absolute atomic E-state index is 11.1. The number of carbonyl (C=O) groups is 1. The number of aliphatic carboxylic acids is 1. The summed E-state index contributed by atoms with van der Waals surface area (Å²) < 4.78 is 0. The first-order valence-corrected chi connectivity index (χ1v) is 13.8. The molecule has 0 saturated carbocycles. The molecule has 0 spiro atoms. The van der Waals surface area contributed by atoms with Crippen LogP contribution in [0.25, 0.3) is 18.2 Å². The number of carboxylic acid groups (broad SMARTS) is 1. The zero-order valence-electron chi connectivity index (χ0n) is 18.9. The van der Waals surface area contributed by atoms with Gasteiger partial charge in [0.05, 0.1) is 11.4 Å². The third-order valence-electron chi connectivity index (χ3n) is 5.41. The van der Waals surface area contributed by atoms with Crippen LogP contribution in [0.5, 0.6) is 0 Å². The van der Waals surface area contributed by atoms with Crippen LogP contribution in [-0.2, 0) is 4.79 Å². The Morgan fingerprint density at radius 3 is 2.65 bits per heavy atom. The SMILES string of the molecule is CCCCN1c2ccc(/C=C/c3ccc(/C=C(/C#N)C(=O)O)s3)cc2Sc2ccc(SC)cc21. The highest BCUT2D eigenvalue weighted by atomic mass is 32.2. The molecule has 0 amide bonds. The van der Waals surface area contributed by atoms with Crippen LogP contribution in [0.15, 0.2) is 68.8 Å². The van der Waals surface area contributed by atoms with Crippen LogP contribution < -0.4 is 4.90 Å². The molecule has 7 heteroatoms. The average Bonchev–Trinajstić information content (AvgIpc) is 3.30. The molecule has 172 valence electrons. The molecule has 1 aromatic heterocycles. The summed E-state index contributed by atoms with van der Waals surface area (Å²) in [5.41, 5.74) is 3.39. The minimum atomic E-state index is -1.21. The molecular formula is C27H24N2O2S3. The van der Waals surface area contributed by atoms with Crippen molar-refractivity contribution in [2.75, 3.05) is 17.7 Å². The normalized spacial score (nSPS) is 13.0. The molecule has 0 fully saturated rings. The minimum absolute atomic E-state index is 0.262. The summed E-state index contributed by atoms with van der Waals surface area (Å²) in [6.45, 7) is 3.22. The summed E-state index contributed by atoms with van der Waals surface area (Å²) in [6.07, 6.45) is 9.91. The summed E-state index contributed by atoms with van der Waals surface area (Å²) in [5.74, 6) is -1.21. The van der Waals surface area contributed by atoms with E-state index in [1.807, 2.05) is 30.0 Å². The van der Waals surface area contributed by atoms with E-state index >= 15 is 0 Å². The molecule has 2 aromatic carbocycles. The van der Waals surface area contributed by atoms with Gasteiger partial charge in [0, 0.05) is 31.0 Å². The number of hydrogen-bond donors (Lipinski definition) is 1. The maximum Gasteiger partial charge on any atom is 0.346 e.